The molecule has 10 heteroatoms. The lowest BCUT2D eigenvalue weighted by atomic mass is 9.84. The molecule has 3 N–H and O–H groups in total. The van der Waals surface area contributed by atoms with E-state index >= 15 is 0 Å². The predicted octanol–water partition coefficient (Wildman–Crippen LogP) is 2.29. The molecule has 0 aromatic heterocycles. The van der Waals surface area contributed by atoms with Crippen molar-refractivity contribution >= 4 is 29.1 Å². The zero-order valence-corrected chi connectivity index (χ0v) is 18.5. The third-order valence-corrected chi connectivity index (χ3v) is 6.62. The molecule has 1 aromatic carbocycles. The molecule has 2 aliphatic carbocycles. The number of halogens is 2. The molecule has 1 saturated heterocycles. The van der Waals surface area contributed by atoms with Gasteiger partial charge < -0.3 is 20.7 Å². The lowest BCUT2D eigenvalue weighted by molar-refractivity contribution is -0.133. The molecule has 0 bridgehead atoms. The minimum Gasteiger partial charge on any atom is -0.370 e. The normalized spacial score (nSPS) is 20.1. The van der Waals surface area contributed by atoms with E-state index in [-0.39, 0.29) is 24.7 Å². The SMILES string of the molecule is NC(=O)[C@H](C(=O)Nc1ccc(N2CCOCC2=O)cc1C(F)F)N(CC1CCC1)CC1CC1. The van der Waals surface area contributed by atoms with Crippen LogP contribution in [0.4, 0.5) is 20.2 Å². The molecule has 180 valence electrons. The van der Waals surface area contributed by atoms with Gasteiger partial charge in [0.25, 0.3) is 18.2 Å². The Morgan fingerprint density at radius 1 is 1.18 bits per heavy atom. The van der Waals surface area contributed by atoms with Gasteiger partial charge in [0.1, 0.15) is 6.61 Å². The lowest BCUT2D eigenvalue weighted by Crippen LogP contribution is -2.54. The van der Waals surface area contributed by atoms with Gasteiger partial charge in [-0.15, -0.1) is 0 Å². The van der Waals surface area contributed by atoms with Gasteiger partial charge in [0.15, 0.2) is 6.04 Å². The van der Waals surface area contributed by atoms with Gasteiger partial charge in [0, 0.05) is 36.6 Å². The van der Waals surface area contributed by atoms with Gasteiger partial charge in [0.2, 0.25) is 5.91 Å². The predicted molar refractivity (Wildman–Crippen MR) is 118 cm³/mol. The number of benzene rings is 1. The fourth-order valence-electron chi connectivity index (χ4n) is 4.40. The number of carbonyl (C=O) groups excluding carboxylic acids is 3. The Morgan fingerprint density at radius 3 is 2.42 bits per heavy atom. The molecule has 3 amide bonds. The molecule has 1 heterocycles. The maximum atomic E-state index is 13.9. The summed E-state index contributed by atoms with van der Waals surface area (Å²) in [5.74, 6) is -0.970. The maximum Gasteiger partial charge on any atom is 0.265 e. The van der Waals surface area contributed by atoms with Crippen LogP contribution in [0.3, 0.4) is 0 Å². The highest BCUT2D eigenvalue weighted by molar-refractivity contribution is 6.10. The topological polar surface area (TPSA) is 105 Å². The van der Waals surface area contributed by atoms with E-state index in [0.717, 1.165) is 32.1 Å². The number of nitrogens with zero attached hydrogens (tertiary/aromatic N) is 2. The quantitative estimate of drug-likeness (QED) is 0.517. The first-order chi connectivity index (χ1) is 15.8. The van der Waals surface area contributed by atoms with Crippen molar-refractivity contribution in [2.45, 2.75) is 44.6 Å². The molecule has 0 unspecified atom stereocenters. The van der Waals surface area contributed by atoms with Crippen LogP contribution in [0.15, 0.2) is 18.2 Å². The number of primary amides is 1. The Bertz CT molecular complexity index is 904. The standard InChI is InChI=1S/C23H30F2N4O4/c24-21(25)17-10-16(29-8-9-33-13-19(29)30)6-7-18(17)27-23(32)20(22(26)31)28(12-15-4-5-15)11-14-2-1-3-14/h6-7,10,14-15,20-21H,1-5,8-9,11-13H2,(H2,26,31)(H,27,32)/t20-/m1/s1. The van der Waals surface area contributed by atoms with Crippen LogP contribution in [-0.4, -0.2) is 61.5 Å². The molecule has 4 rings (SSSR count). The summed E-state index contributed by atoms with van der Waals surface area (Å²) in [5, 5.41) is 2.51. The van der Waals surface area contributed by atoms with Crippen molar-refractivity contribution < 1.29 is 27.9 Å². The van der Waals surface area contributed by atoms with E-state index in [1.54, 1.807) is 0 Å². The number of alkyl halides is 2. The largest absolute Gasteiger partial charge is 0.370 e. The monoisotopic (exact) mass is 464 g/mol. The summed E-state index contributed by atoms with van der Waals surface area (Å²) >= 11 is 0. The van der Waals surface area contributed by atoms with Gasteiger partial charge in [-0.2, -0.15) is 0 Å². The van der Waals surface area contributed by atoms with Gasteiger partial charge in [-0.3, -0.25) is 19.3 Å². The van der Waals surface area contributed by atoms with Crippen LogP contribution < -0.4 is 16.0 Å². The molecule has 8 nitrogen and oxygen atoms in total. The molecule has 0 spiro atoms. The first-order valence-corrected chi connectivity index (χ1v) is 11.5. The van der Waals surface area contributed by atoms with Gasteiger partial charge >= 0.3 is 0 Å². The number of carbonyl (C=O) groups is 3. The van der Waals surface area contributed by atoms with Crippen molar-refractivity contribution in [3.63, 3.8) is 0 Å². The molecule has 3 aliphatic rings. The van der Waals surface area contributed by atoms with Crippen molar-refractivity contribution in [2.75, 3.05) is 43.1 Å². The smallest absolute Gasteiger partial charge is 0.265 e. The second-order valence-electron chi connectivity index (χ2n) is 9.16. The number of ether oxygens (including phenoxy) is 1. The van der Waals surface area contributed by atoms with E-state index in [0.29, 0.717) is 37.2 Å². The van der Waals surface area contributed by atoms with E-state index in [2.05, 4.69) is 5.32 Å². The van der Waals surface area contributed by atoms with Crippen molar-refractivity contribution in [3.8, 4) is 0 Å². The fourth-order valence-corrected chi connectivity index (χ4v) is 4.40. The summed E-state index contributed by atoms with van der Waals surface area (Å²) in [6, 6.07) is 2.81. The molecule has 1 aliphatic heterocycles. The summed E-state index contributed by atoms with van der Waals surface area (Å²) in [5.41, 5.74) is 5.40. The van der Waals surface area contributed by atoms with Crippen molar-refractivity contribution in [2.24, 2.45) is 17.6 Å². The molecular formula is C23H30F2N4O4. The second kappa shape index (κ2) is 10.1. The summed E-state index contributed by atoms with van der Waals surface area (Å²) in [6.07, 6.45) is 2.43. The number of rotatable bonds is 10. The highest BCUT2D eigenvalue weighted by Crippen LogP contribution is 2.34. The number of anilines is 2. The third kappa shape index (κ3) is 5.67. The van der Waals surface area contributed by atoms with Crippen LogP contribution in [-0.2, 0) is 19.1 Å². The molecule has 2 saturated carbocycles. The highest BCUT2D eigenvalue weighted by atomic mass is 19.3. The van der Waals surface area contributed by atoms with Crippen LogP contribution in [0.2, 0.25) is 0 Å². The summed E-state index contributed by atoms with van der Waals surface area (Å²) in [7, 11) is 0. The second-order valence-corrected chi connectivity index (χ2v) is 9.16. The Hall–Kier alpha value is -2.59. The fraction of sp³-hybridized carbons (Fsp3) is 0.609. The Kier molecular flexibility index (Phi) is 7.23. The van der Waals surface area contributed by atoms with Crippen molar-refractivity contribution in [1.29, 1.82) is 0 Å². The molecule has 3 fully saturated rings. The van der Waals surface area contributed by atoms with Gasteiger partial charge in [-0.1, -0.05) is 6.42 Å². The van der Waals surface area contributed by atoms with Crippen LogP contribution in [0.1, 0.15) is 44.1 Å². The maximum absolute atomic E-state index is 13.9. The zero-order chi connectivity index (χ0) is 23.5. The zero-order valence-electron chi connectivity index (χ0n) is 18.5. The van der Waals surface area contributed by atoms with Crippen LogP contribution in [0, 0.1) is 11.8 Å². The van der Waals surface area contributed by atoms with Crippen molar-refractivity contribution in [1.82, 2.24) is 4.90 Å². The molecule has 0 radical (unpaired) electrons. The number of morpholine rings is 1. The van der Waals surface area contributed by atoms with E-state index in [4.69, 9.17) is 10.5 Å². The minimum absolute atomic E-state index is 0.0966. The lowest BCUT2D eigenvalue weighted by Gasteiger charge is -2.35. The van der Waals surface area contributed by atoms with Crippen LogP contribution in [0.5, 0.6) is 0 Å². The van der Waals surface area contributed by atoms with E-state index in [9.17, 15) is 23.2 Å². The van der Waals surface area contributed by atoms with Crippen LogP contribution >= 0.6 is 0 Å². The summed E-state index contributed by atoms with van der Waals surface area (Å²) in [4.78, 5) is 40.7. The first kappa shape index (κ1) is 23.6. The van der Waals surface area contributed by atoms with Gasteiger partial charge in [0.05, 0.1) is 6.61 Å². The highest BCUT2D eigenvalue weighted by Gasteiger charge is 2.37. The molecule has 33 heavy (non-hydrogen) atoms. The van der Waals surface area contributed by atoms with Gasteiger partial charge in [-0.05, 0) is 55.7 Å². The number of nitrogens with two attached hydrogens (primary N) is 1. The summed E-state index contributed by atoms with van der Waals surface area (Å²) < 4.78 is 32.8. The first-order valence-electron chi connectivity index (χ1n) is 11.5. The number of nitrogens with one attached hydrogen (secondary N) is 1. The average molecular weight is 465 g/mol. The molecule has 1 atom stereocenters. The van der Waals surface area contributed by atoms with E-state index in [1.807, 2.05) is 4.90 Å². The minimum atomic E-state index is -2.89. The average Bonchev–Trinajstić information content (AvgIpc) is 3.55. The van der Waals surface area contributed by atoms with E-state index in [1.165, 1.54) is 23.1 Å². The third-order valence-electron chi connectivity index (χ3n) is 6.62. The Morgan fingerprint density at radius 2 is 1.88 bits per heavy atom. The Labute approximate surface area is 191 Å². The number of hydrogen-bond acceptors (Lipinski definition) is 5. The van der Waals surface area contributed by atoms with Crippen molar-refractivity contribution in [3.05, 3.63) is 23.8 Å². The molecular weight excluding hydrogens is 434 g/mol. The number of hydrogen-bond donors (Lipinski definition) is 2. The summed E-state index contributed by atoms with van der Waals surface area (Å²) in [6.45, 7) is 1.65. The van der Waals surface area contributed by atoms with Gasteiger partial charge in [-0.25, -0.2) is 8.78 Å². The molecule has 1 aromatic rings. The Balaban J connectivity index is 1.54. The number of amides is 3. The van der Waals surface area contributed by atoms with E-state index < -0.39 is 29.8 Å². The van der Waals surface area contributed by atoms with Crippen LogP contribution in [0.25, 0.3) is 0 Å².